The van der Waals surface area contributed by atoms with E-state index in [0.717, 1.165) is 15.7 Å². The number of nitrogens with two attached hydrogens (primary N) is 1. The molecule has 2 nitrogen and oxygen atoms in total. The molecule has 0 aliphatic heterocycles. The lowest BCUT2D eigenvalue weighted by Crippen LogP contribution is -2.06. The summed E-state index contributed by atoms with van der Waals surface area (Å²) in [6.07, 6.45) is 0. The molecule has 0 radical (unpaired) electrons. The highest BCUT2D eigenvalue weighted by molar-refractivity contribution is 7.16. The van der Waals surface area contributed by atoms with Gasteiger partial charge in [0.15, 0.2) is 0 Å². The fraction of sp³-hybridized carbons (Fsp3) is 0.231. The first kappa shape index (κ1) is 12.3. The van der Waals surface area contributed by atoms with Crippen molar-refractivity contribution in [2.24, 2.45) is 0 Å². The normalized spacial score (nSPS) is 12.4. The number of rotatable bonds is 3. The molecule has 1 heterocycles. The smallest absolute Gasteiger partial charge is 0.0932 e. The van der Waals surface area contributed by atoms with E-state index >= 15 is 0 Å². The number of nitrogens with one attached hydrogen (secondary N) is 1. The Labute approximate surface area is 110 Å². The van der Waals surface area contributed by atoms with Gasteiger partial charge in [-0.15, -0.1) is 11.3 Å². The van der Waals surface area contributed by atoms with Crippen LogP contribution in [-0.2, 0) is 0 Å². The minimum atomic E-state index is 0.206. The molecule has 17 heavy (non-hydrogen) atoms. The SMILES string of the molecule is Cc1ccc(NC(C)c2ccc(Cl)s2)c(N)c1. The van der Waals surface area contributed by atoms with E-state index in [0.29, 0.717) is 0 Å². The Morgan fingerprint density at radius 3 is 2.65 bits per heavy atom. The molecular formula is C13H15ClN2S. The summed E-state index contributed by atoms with van der Waals surface area (Å²) in [5, 5.41) is 3.39. The third-order valence-corrected chi connectivity index (χ3v) is 4.01. The Balaban J connectivity index is 2.15. The minimum absolute atomic E-state index is 0.206. The van der Waals surface area contributed by atoms with Gasteiger partial charge in [0.1, 0.15) is 0 Å². The maximum Gasteiger partial charge on any atom is 0.0932 e. The molecule has 0 bridgehead atoms. The average molecular weight is 267 g/mol. The maximum atomic E-state index is 5.97. The van der Waals surface area contributed by atoms with E-state index in [2.05, 4.69) is 12.2 Å². The number of halogens is 1. The third kappa shape index (κ3) is 2.93. The van der Waals surface area contributed by atoms with Crippen molar-refractivity contribution in [3.63, 3.8) is 0 Å². The summed E-state index contributed by atoms with van der Waals surface area (Å²) in [6, 6.07) is 10.2. The van der Waals surface area contributed by atoms with Crippen molar-refractivity contribution in [2.75, 3.05) is 11.1 Å². The summed E-state index contributed by atoms with van der Waals surface area (Å²) in [4.78, 5) is 1.20. The molecule has 0 aliphatic rings. The summed E-state index contributed by atoms with van der Waals surface area (Å²) in [5.41, 5.74) is 8.88. The second-order valence-corrected chi connectivity index (χ2v) is 5.85. The van der Waals surface area contributed by atoms with Crippen molar-refractivity contribution in [1.29, 1.82) is 0 Å². The maximum absolute atomic E-state index is 5.97. The molecule has 0 amide bonds. The van der Waals surface area contributed by atoms with Crippen LogP contribution in [0.25, 0.3) is 0 Å². The summed E-state index contributed by atoms with van der Waals surface area (Å²) in [7, 11) is 0. The molecule has 1 aromatic heterocycles. The third-order valence-electron chi connectivity index (χ3n) is 2.60. The van der Waals surface area contributed by atoms with Gasteiger partial charge in [-0.25, -0.2) is 0 Å². The van der Waals surface area contributed by atoms with E-state index in [4.69, 9.17) is 17.3 Å². The van der Waals surface area contributed by atoms with E-state index in [1.54, 1.807) is 11.3 Å². The van der Waals surface area contributed by atoms with Crippen LogP contribution in [0.4, 0.5) is 11.4 Å². The number of hydrogen-bond donors (Lipinski definition) is 2. The Morgan fingerprint density at radius 1 is 1.29 bits per heavy atom. The second-order valence-electron chi connectivity index (χ2n) is 4.10. The van der Waals surface area contributed by atoms with Gasteiger partial charge in [0, 0.05) is 4.88 Å². The Bertz CT molecular complexity index is 522. The zero-order chi connectivity index (χ0) is 12.4. The first-order valence-corrected chi connectivity index (χ1v) is 6.63. The molecule has 1 aromatic carbocycles. The molecule has 2 rings (SSSR count). The quantitative estimate of drug-likeness (QED) is 0.805. The molecule has 4 heteroatoms. The second kappa shape index (κ2) is 4.98. The number of anilines is 2. The standard InChI is InChI=1S/C13H15ClN2S/c1-8-3-4-11(10(15)7-8)16-9(2)12-5-6-13(14)17-12/h3-7,9,16H,15H2,1-2H3. The monoisotopic (exact) mass is 266 g/mol. The molecule has 0 spiro atoms. The van der Waals surface area contributed by atoms with Gasteiger partial charge in [-0.05, 0) is 43.7 Å². The Hall–Kier alpha value is -1.19. The Kier molecular flexibility index (Phi) is 3.60. The zero-order valence-corrected chi connectivity index (χ0v) is 11.4. The number of thiophene rings is 1. The Morgan fingerprint density at radius 2 is 2.06 bits per heavy atom. The van der Waals surface area contributed by atoms with Crippen molar-refractivity contribution in [3.05, 3.63) is 45.1 Å². The van der Waals surface area contributed by atoms with Crippen LogP contribution in [0.2, 0.25) is 4.34 Å². The number of aryl methyl sites for hydroxylation is 1. The van der Waals surface area contributed by atoms with E-state index in [9.17, 15) is 0 Å². The predicted molar refractivity (Wildman–Crippen MR) is 77.0 cm³/mol. The van der Waals surface area contributed by atoms with Gasteiger partial charge in [-0.2, -0.15) is 0 Å². The summed E-state index contributed by atoms with van der Waals surface area (Å²) in [6.45, 7) is 4.13. The first-order chi connectivity index (χ1) is 8.06. The highest BCUT2D eigenvalue weighted by Gasteiger charge is 2.09. The van der Waals surface area contributed by atoms with Crippen molar-refractivity contribution >= 4 is 34.3 Å². The summed E-state index contributed by atoms with van der Waals surface area (Å²) >= 11 is 7.51. The molecule has 1 atom stereocenters. The molecule has 1 unspecified atom stereocenters. The summed E-state index contributed by atoms with van der Waals surface area (Å²) < 4.78 is 0.811. The van der Waals surface area contributed by atoms with Gasteiger partial charge in [-0.3, -0.25) is 0 Å². The highest BCUT2D eigenvalue weighted by Crippen LogP contribution is 2.30. The van der Waals surface area contributed by atoms with Crippen LogP contribution in [0.15, 0.2) is 30.3 Å². The van der Waals surface area contributed by atoms with Crippen molar-refractivity contribution in [2.45, 2.75) is 19.9 Å². The largest absolute Gasteiger partial charge is 0.397 e. The average Bonchev–Trinajstić information content (AvgIpc) is 2.69. The van der Waals surface area contributed by atoms with E-state index < -0.39 is 0 Å². The lowest BCUT2D eigenvalue weighted by molar-refractivity contribution is 0.909. The van der Waals surface area contributed by atoms with E-state index in [-0.39, 0.29) is 6.04 Å². The summed E-state index contributed by atoms with van der Waals surface area (Å²) in [5.74, 6) is 0. The first-order valence-electron chi connectivity index (χ1n) is 5.44. The lowest BCUT2D eigenvalue weighted by Gasteiger charge is -2.15. The van der Waals surface area contributed by atoms with Gasteiger partial charge >= 0.3 is 0 Å². The molecule has 0 saturated heterocycles. The molecule has 90 valence electrons. The van der Waals surface area contributed by atoms with Crippen LogP contribution >= 0.6 is 22.9 Å². The van der Waals surface area contributed by atoms with Crippen LogP contribution < -0.4 is 11.1 Å². The predicted octanol–water partition coefficient (Wildman–Crippen LogP) is 4.47. The van der Waals surface area contributed by atoms with E-state index in [1.807, 2.05) is 37.3 Å². The lowest BCUT2D eigenvalue weighted by atomic mass is 10.1. The molecule has 0 saturated carbocycles. The van der Waals surface area contributed by atoms with E-state index in [1.165, 1.54) is 10.4 Å². The molecular weight excluding hydrogens is 252 g/mol. The van der Waals surface area contributed by atoms with Gasteiger partial charge in [0.25, 0.3) is 0 Å². The van der Waals surface area contributed by atoms with Crippen molar-refractivity contribution in [3.8, 4) is 0 Å². The van der Waals surface area contributed by atoms with Crippen LogP contribution in [-0.4, -0.2) is 0 Å². The van der Waals surface area contributed by atoms with Crippen molar-refractivity contribution < 1.29 is 0 Å². The number of hydrogen-bond acceptors (Lipinski definition) is 3. The highest BCUT2D eigenvalue weighted by atomic mass is 35.5. The minimum Gasteiger partial charge on any atom is -0.397 e. The van der Waals surface area contributed by atoms with Gasteiger partial charge in [0.05, 0.1) is 21.8 Å². The van der Waals surface area contributed by atoms with Gasteiger partial charge in [-0.1, -0.05) is 17.7 Å². The fourth-order valence-electron chi connectivity index (χ4n) is 1.68. The van der Waals surface area contributed by atoms with Crippen LogP contribution in [0.3, 0.4) is 0 Å². The molecule has 3 N–H and O–H groups in total. The topological polar surface area (TPSA) is 38.0 Å². The fourth-order valence-corrected chi connectivity index (χ4v) is 2.74. The van der Waals surface area contributed by atoms with Gasteiger partial charge < -0.3 is 11.1 Å². The molecule has 2 aromatic rings. The number of nitrogen functional groups attached to an aromatic ring is 1. The zero-order valence-electron chi connectivity index (χ0n) is 9.83. The van der Waals surface area contributed by atoms with Crippen LogP contribution in [0.1, 0.15) is 23.4 Å². The number of benzene rings is 1. The van der Waals surface area contributed by atoms with Gasteiger partial charge in [0.2, 0.25) is 0 Å². The van der Waals surface area contributed by atoms with Crippen molar-refractivity contribution in [1.82, 2.24) is 0 Å². The molecule has 0 fully saturated rings. The van der Waals surface area contributed by atoms with Crippen LogP contribution in [0, 0.1) is 6.92 Å². The van der Waals surface area contributed by atoms with Crippen LogP contribution in [0.5, 0.6) is 0 Å². The molecule has 0 aliphatic carbocycles.